The van der Waals surface area contributed by atoms with Gasteiger partial charge < -0.3 is 10.2 Å². The van der Waals surface area contributed by atoms with Crippen LogP contribution in [-0.4, -0.2) is 35.7 Å². The van der Waals surface area contributed by atoms with E-state index in [4.69, 9.17) is 0 Å². The smallest absolute Gasteiger partial charge is 0.224 e. The highest BCUT2D eigenvalue weighted by molar-refractivity contribution is 5.79. The average molecular weight is 405 g/mol. The summed E-state index contributed by atoms with van der Waals surface area (Å²) in [6, 6.07) is 12.3. The van der Waals surface area contributed by atoms with Gasteiger partial charge in [-0.05, 0) is 69.6 Å². The summed E-state index contributed by atoms with van der Waals surface area (Å²) < 4.78 is 0. The van der Waals surface area contributed by atoms with Gasteiger partial charge in [0.1, 0.15) is 0 Å². The van der Waals surface area contributed by atoms with Gasteiger partial charge in [0.05, 0.1) is 11.6 Å². The molecule has 1 atom stereocenters. The number of piperidine rings is 1. The highest BCUT2D eigenvalue weighted by Gasteiger charge is 2.26. The zero-order chi connectivity index (χ0) is 20.8. The number of nitrogens with one attached hydrogen (secondary N) is 1. The minimum atomic E-state index is 0.0249. The van der Waals surface area contributed by atoms with E-state index in [2.05, 4.69) is 45.5 Å². The Morgan fingerprint density at radius 2 is 2.03 bits per heavy atom. The minimum Gasteiger partial charge on any atom is -0.355 e. The van der Waals surface area contributed by atoms with Gasteiger partial charge in [0.15, 0.2) is 5.82 Å². The third-order valence-corrected chi connectivity index (χ3v) is 6.32. The Hall–Kier alpha value is -2.69. The molecule has 30 heavy (non-hydrogen) atoms. The molecule has 5 heteroatoms. The molecule has 1 aromatic heterocycles. The number of anilines is 1. The second-order valence-corrected chi connectivity index (χ2v) is 8.53. The molecule has 1 aromatic carbocycles. The number of hydrogen-bond acceptors (Lipinski definition) is 4. The quantitative estimate of drug-likeness (QED) is 0.711. The Balaban J connectivity index is 1.32. The standard InChI is InChI=1S/C25H32N4O/c1-19-8-5-6-12-22(19)23-13-14-24(28-27-23)29-17-7-11-21(18-29)25(30)26-16-15-20-9-3-2-4-10-20/h5-6,8-9,12-14,21H,2-4,7,10-11,15-18H2,1H3,(H,26,30)/t21-/m0/s1. The average Bonchev–Trinajstić information content (AvgIpc) is 2.80. The van der Waals surface area contributed by atoms with Crippen molar-refractivity contribution in [3.8, 4) is 11.3 Å². The minimum absolute atomic E-state index is 0.0249. The monoisotopic (exact) mass is 404 g/mol. The van der Waals surface area contributed by atoms with E-state index in [1.165, 1.54) is 36.8 Å². The fourth-order valence-electron chi connectivity index (χ4n) is 4.52. The zero-order valence-corrected chi connectivity index (χ0v) is 17.9. The van der Waals surface area contributed by atoms with Gasteiger partial charge in [-0.2, -0.15) is 0 Å². The van der Waals surface area contributed by atoms with Crippen LogP contribution in [0.25, 0.3) is 11.3 Å². The van der Waals surface area contributed by atoms with Crippen LogP contribution in [-0.2, 0) is 4.79 Å². The van der Waals surface area contributed by atoms with E-state index in [1.54, 1.807) is 0 Å². The summed E-state index contributed by atoms with van der Waals surface area (Å²) in [4.78, 5) is 14.9. The Morgan fingerprint density at radius 1 is 1.13 bits per heavy atom. The van der Waals surface area contributed by atoms with E-state index < -0.39 is 0 Å². The summed E-state index contributed by atoms with van der Waals surface area (Å²) in [7, 11) is 0. The van der Waals surface area contributed by atoms with Gasteiger partial charge >= 0.3 is 0 Å². The van der Waals surface area contributed by atoms with Gasteiger partial charge in [-0.3, -0.25) is 4.79 Å². The molecular formula is C25H32N4O. The van der Waals surface area contributed by atoms with Crippen LogP contribution in [0, 0.1) is 12.8 Å². The number of hydrogen-bond donors (Lipinski definition) is 1. The number of rotatable bonds is 6. The Kier molecular flexibility index (Phi) is 6.77. The SMILES string of the molecule is Cc1ccccc1-c1ccc(N2CCC[C@H](C(=O)NCCC3=CCCCC3)C2)nn1. The normalized spacial score (nSPS) is 19.3. The van der Waals surface area contributed by atoms with Gasteiger partial charge in [-0.1, -0.05) is 35.9 Å². The van der Waals surface area contributed by atoms with E-state index in [9.17, 15) is 4.79 Å². The molecule has 0 bridgehead atoms. The molecule has 2 heterocycles. The van der Waals surface area contributed by atoms with Crippen LogP contribution in [0.15, 0.2) is 48.0 Å². The Labute approximate surface area is 179 Å². The first-order valence-electron chi connectivity index (χ1n) is 11.3. The second-order valence-electron chi connectivity index (χ2n) is 8.53. The lowest BCUT2D eigenvalue weighted by atomic mass is 9.96. The molecule has 0 unspecified atom stereocenters. The van der Waals surface area contributed by atoms with Crippen molar-refractivity contribution in [2.45, 2.75) is 51.9 Å². The summed E-state index contributed by atoms with van der Waals surface area (Å²) in [5.41, 5.74) is 4.70. The third kappa shape index (κ3) is 5.07. The van der Waals surface area contributed by atoms with Gasteiger partial charge in [0, 0.05) is 25.2 Å². The Morgan fingerprint density at radius 3 is 2.80 bits per heavy atom. The summed E-state index contributed by atoms with van der Waals surface area (Å²) in [6.07, 6.45) is 10.3. The molecule has 1 aliphatic heterocycles. The topological polar surface area (TPSA) is 58.1 Å². The van der Waals surface area contributed by atoms with Crippen molar-refractivity contribution in [2.24, 2.45) is 5.92 Å². The van der Waals surface area contributed by atoms with Crippen molar-refractivity contribution >= 4 is 11.7 Å². The van der Waals surface area contributed by atoms with Crippen molar-refractivity contribution in [3.05, 3.63) is 53.6 Å². The lowest BCUT2D eigenvalue weighted by Crippen LogP contribution is -2.43. The lowest BCUT2D eigenvalue weighted by Gasteiger charge is -2.32. The molecule has 2 aromatic rings. The van der Waals surface area contributed by atoms with Crippen LogP contribution < -0.4 is 10.2 Å². The van der Waals surface area contributed by atoms with Crippen LogP contribution >= 0.6 is 0 Å². The lowest BCUT2D eigenvalue weighted by molar-refractivity contribution is -0.125. The molecule has 1 fully saturated rings. The molecule has 1 saturated heterocycles. The molecule has 4 rings (SSSR count). The van der Waals surface area contributed by atoms with Crippen LogP contribution in [0.1, 0.15) is 50.5 Å². The van der Waals surface area contributed by atoms with Crippen molar-refractivity contribution in [2.75, 3.05) is 24.5 Å². The van der Waals surface area contributed by atoms with Gasteiger partial charge in [0.2, 0.25) is 5.91 Å². The largest absolute Gasteiger partial charge is 0.355 e. The number of aryl methyl sites for hydroxylation is 1. The van der Waals surface area contributed by atoms with Crippen molar-refractivity contribution < 1.29 is 4.79 Å². The molecular weight excluding hydrogens is 372 g/mol. The van der Waals surface area contributed by atoms with Crippen molar-refractivity contribution in [1.82, 2.24) is 15.5 Å². The number of amides is 1. The molecule has 1 aliphatic carbocycles. The van der Waals surface area contributed by atoms with Crippen molar-refractivity contribution in [1.29, 1.82) is 0 Å². The van der Waals surface area contributed by atoms with Crippen LogP contribution in [0.2, 0.25) is 0 Å². The van der Waals surface area contributed by atoms with Crippen molar-refractivity contribution in [3.63, 3.8) is 0 Å². The van der Waals surface area contributed by atoms with Crippen LogP contribution in [0.3, 0.4) is 0 Å². The summed E-state index contributed by atoms with van der Waals surface area (Å²) in [6.45, 7) is 4.48. The maximum atomic E-state index is 12.7. The Bertz CT molecular complexity index is 890. The first-order chi connectivity index (χ1) is 14.7. The molecule has 5 nitrogen and oxygen atoms in total. The van der Waals surface area contributed by atoms with E-state index in [0.29, 0.717) is 6.54 Å². The third-order valence-electron chi connectivity index (χ3n) is 6.32. The van der Waals surface area contributed by atoms with Gasteiger partial charge in [-0.25, -0.2) is 0 Å². The summed E-state index contributed by atoms with van der Waals surface area (Å²) in [5.74, 6) is 1.06. The summed E-state index contributed by atoms with van der Waals surface area (Å²) in [5, 5.41) is 12.1. The number of carbonyl (C=O) groups is 1. The van der Waals surface area contributed by atoms with E-state index in [1.807, 2.05) is 24.3 Å². The highest BCUT2D eigenvalue weighted by atomic mass is 16.1. The highest BCUT2D eigenvalue weighted by Crippen LogP contribution is 2.25. The molecule has 158 valence electrons. The van der Waals surface area contributed by atoms with E-state index in [-0.39, 0.29) is 11.8 Å². The number of nitrogens with zero attached hydrogens (tertiary/aromatic N) is 3. The van der Waals surface area contributed by atoms with Crippen LogP contribution in [0.4, 0.5) is 5.82 Å². The fourth-order valence-corrected chi connectivity index (χ4v) is 4.52. The first-order valence-corrected chi connectivity index (χ1v) is 11.3. The molecule has 0 saturated carbocycles. The molecule has 2 aliphatic rings. The molecule has 0 spiro atoms. The predicted octanol–water partition coefficient (Wildman–Crippen LogP) is 4.68. The van der Waals surface area contributed by atoms with Gasteiger partial charge in [-0.15, -0.1) is 10.2 Å². The maximum absolute atomic E-state index is 12.7. The van der Waals surface area contributed by atoms with Gasteiger partial charge in [0.25, 0.3) is 0 Å². The molecule has 0 radical (unpaired) electrons. The number of aromatic nitrogens is 2. The van der Waals surface area contributed by atoms with Crippen LogP contribution in [0.5, 0.6) is 0 Å². The number of allylic oxidation sites excluding steroid dienone is 1. The van der Waals surface area contributed by atoms with E-state index >= 15 is 0 Å². The fraction of sp³-hybridized carbons (Fsp3) is 0.480. The zero-order valence-electron chi connectivity index (χ0n) is 17.9. The number of carbonyl (C=O) groups excluding carboxylic acids is 1. The maximum Gasteiger partial charge on any atom is 0.224 e. The summed E-state index contributed by atoms with van der Waals surface area (Å²) >= 11 is 0. The predicted molar refractivity (Wildman–Crippen MR) is 121 cm³/mol. The second kappa shape index (κ2) is 9.88. The molecule has 1 amide bonds. The first kappa shape index (κ1) is 20.6. The molecule has 1 N–H and O–H groups in total. The number of benzene rings is 1. The van der Waals surface area contributed by atoms with E-state index in [0.717, 1.165) is 49.4 Å².